The maximum absolute atomic E-state index is 12.5. The summed E-state index contributed by atoms with van der Waals surface area (Å²) in [4.78, 5) is 11.0. The van der Waals surface area contributed by atoms with Crippen molar-refractivity contribution in [3.63, 3.8) is 0 Å². The van der Waals surface area contributed by atoms with Crippen LogP contribution in [0.15, 0.2) is 18.2 Å². The van der Waals surface area contributed by atoms with Gasteiger partial charge in [0.25, 0.3) is 0 Å². The lowest BCUT2D eigenvalue weighted by Crippen LogP contribution is -2.37. The number of halogens is 3. The molecule has 1 heterocycles. The van der Waals surface area contributed by atoms with Crippen molar-refractivity contribution in [3.8, 4) is 0 Å². The number of hydrogen-bond acceptors (Lipinski definition) is 1. The van der Waals surface area contributed by atoms with E-state index in [-0.39, 0.29) is 5.69 Å². The Kier molecular flexibility index (Phi) is 2.73. The van der Waals surface area contributed by atoms with E-state index in [4.69, 9.17) is 5.73 Å². The van der Waals surface area contributed by atoms with Gasteiger partial charge in [0.05, 0.1) is 11.3 Å². The first kappa shape index (κ1) is 11.8. The van der Waals surface area contributed by atoms with E-state index in [1.165, 1.54) is 6.07 Å². The highest BCUT2D eigenvalue weighted by Crippen LogP contribution is 2.34. The summed E-state index contributed by atoms with van der Waals surface area (Å²) in [5.41, 5.74) is 5.27. The molecule has 1 unspecified atom stereocenters. The van der Waals surface area contributed by atoms with Gasteiger partial charge in [-0.3, -0.25) is 10.1 Å². The Balaban J connectivity index is 2.32. The molecular formula is C11H10F3N2O. The molecule has 2 N–H and O–H groups in total. The molecule has 1 radical (unpaired) electrons. The summed E-state index contributed by atoms with van der Waals surface area (Å²) in [5, 5.41) is 3.94. The van der Waals surface area contributed by atoms with E-state index in [0.717, 1.165) is 17.7 Å². The molecule has 91 valence electrons. The minimum absolute atomic E-state index is 0.217. The Morgan fingerprint density at radius 1 is 1.41 bits per heavy atom. The van der Waals surface area contributed by atoms with Gasteiger partial charge in [0.15, 0.2) is 0 Å². The number of carbonyl (C=O) groups excluding carboxylic acids is 1. The lowest BCUT2D eigenvalue weighted by atomic mass is 9.96. The van der Waals surface area contributed by atoms with Crippen molar-refractivity contribution < 1.29 is 18.0 Å². The second-order valence-corrected chi connectivity index (χ2v) is 3.93. The molecule has 1 aromatic carbocycles. The van der Waals surface area contributed by atoms with E-state index < -0.39 is 23.7 Å². The molecule has 17 heavy (non-hydrogen) atoms. The lowest BCUT2D eigenvalue weighted by molar-refractivity contribution is -0.137. The van der Waals surface area contributed by atoms with Gasteiger partial charge in [-0.1, -0.05) is 6.07 Å². The number of primary amides is 1. The van der Waals surface area contributed by atoms with Crippen LogP contribution < -0.4 is 11.1 Å². The number of fused-ring (bicyclic) bond motifs is 1. The highest BCUT2D eigenvalue weighted by molar-refractivity contribution is 5.81. The average Bonchev–Trinajstić information content (AvgIpc) is 2.26. The van der Waals surface area contributed by atoms with E-state index >= 15 is 0 Å². The van der Waals surface area contributed by atoms with E-state index in [9.17, 15) is 18.0 Å². The van der Waals surface area contributed by atoms with Crippen LogP contribution in [0.5, 0.6) is 0 Å². The number of amides is 1. The number of hydrogen-bond donors (Lipinski definition) is 1. The summed E-state index contributed by atoms with van der Waals surface area (Å²) in [6.45, 7) is 0. The van der Waals surface area contributed by atoms with Crippen molar-refractivity contribution >= 4 is 11.6 Å². The molecule has 1 aliphatic heterocycles. The Morgan fingerprint density at radius 3 is 2.71 bits per heavy atom. The van der Waals surface area contributed by atoms with Crippen LogP contribution in [0.2, 0.25) is 0 Å². The molecular weight excluding hydrogens is 233 g/mol. The third-order valence-electron chi connectivity index (χ3n) is 2.72. The van der Waals surface area contributed by atoms with Crippen LogP contribution in [-0.4, -0.2) is 11.9 Å². The molecule has 0 fully saturated rings. The van der Waals surface area contributed by atoms with Crippen molar-refractivity contribution in [2.75, 3.05) is 0 Å². The van der Waals surface area contributed by atoms with Crippen molar-refractivity contribution in [1.29, 1.82) is 0 Å². The van der Waals surface area contributed by atoms with E-state index in [1.807, 2.05) is 0 Å². The lowest BCUT2D eigenvalue weighted by Gasteiger charge is -2.23. The molecule has 1 atom stereocenters. The SMILES string of the molecule is NC(=O)C1CCc2ccc(C(F)(F)F)cc2[N]1. The summed E-state index contributed by atoms with van der Waals surface area (Å²) in [6.07, 6.45) is -3.43. The van der Waals surface area contributed by atoms with Gasteiger partial charge in [-0.05, 0) is 30.5 Å². The molecule has 3 nitrogen and oxygen atoms in total. The zero-order chi connectivity index (χ0) is 12.6. The van der Waals surface area contributed by atoms with Crippen molar-refractivity contribution in [2.24, 2.45) is 5.73 Å². The van der Waals surface area contributed by atoms with Crippen LogP contribution in [-0.2, 0) is 17.4 Å². The maximum Gasteiger partial charge on any atom is 0.416 e. The van der Waals surface area contributed by atoms with Gasteiger partial charge >= 0.3 is 6.18 Å². The Bertz CT molecular complexity index is 457. The van der Waals surface area contributed by atoms with Gasteiger partial charge in [-0.2, -0.15) is 13.2 Å². The molecule has 1 aromatic rings. The third kappa shape index (κ3) is 2.35. The van der Waals surface area contributed by atoms with E-state index in [1.54, 1.807) is 0 Å². The van der Waals surface area contributed by atoms with Crippen LogP contribution in [0.25, 0.3) is 0 Å². The molecule has 0 aliphatic carbocycles. The number of alkyl halides is 3. The molecule has 1 aliphatic rings. The highest BCUT2D eigenvalue weighted by Gasteiger charge is 2.32. The van der Waals surface area contributed by atoms with Crippen LogP contribution in [0.3, 0.4) is 0 Å². The Labute approximate surface area is 95.8 Å². The fourth-order valence-corrected chi connectivity index (χ4v) is 1.80. The molecule has 0 saturated carbocycles. The highest BCUT2D eigenvalue weighted by atomic mass is 19.4. The number of nitrogens with two attached hydrogens (primary N) is 1. The molecule has 6 heteroatoms. The summed E-state index contributed by atoms with van der Waals surface area (Å²) in [7, 11) is 0. The Morgan fingerprint density at radius 2 is 2.12 bits per heavy atom. The fourth-order valence-electron chi connectivity index (χ4n) is 1.80. The Hall–Kier alpha value is -1.72. The second kappa shape index (κ2) is 3.94. The zero-order valence-electron chi connectivity index (χ0n) is 8.79. The van der Waals surface area contributed by atoms with E-state index in [2.05, 4.69) is 5.32 Å². The number of nitrogens with zero attached hydrogens (tertiary/aromatic N) is 1. The molecule has 0 bridgehead atoms. The van der Waals surface area contributed by atoms with Gasteiger partial charge in [-0.15, -0.1) is 0 Å². The van der Waals surface area contributed by atoms with Crippen molar-refractivity contribution in [1.82, 2.24) is 5.32 Å². The van der Waals surface area contributed by atoms with Crippen LogP contribution in [0, 0.1) is 0 Å². The van der Waals surface area contributed by atoms with Crippen LogP contribution in [0.4, 0.5) is 18.9 Å². The van der Waals surface area contributed by atoms with E-state index in [0.29, 0.717) is 12.8 Å². The molecule has 0 saturated heterocycles. The van der Waals surface area contributed by atoms with Gasteiger partial charge < -0.3 is 5.73 Å². The normalized spacial score (nSPS) is 19.4. The monoisotopic (exact) mass is 243 g/mol. The zero-order valence-corrected chi connectivity index (χ0v) is 8.79. The minimum atomic E-state index is -4.40. The van der Waals surface area contributed by atoms with Gasteiger partial charge in [-0.25, -0.2) is 0 Å². The smallest absolute Gasteiger partial charge is 0.368 e. The maximum atomic E-state index is 12.5. The van der Waals surface area contributed by atoms with Crippen LogP contribution >= 0.6 is 0 Å². The average molecular weight is 243 g/mol. The van der Waals surface area contributed by atoms with Crippen molar-refractivity contribution in [3.05, 3.63) is 29.3 Å². The van der Waals surface area contributed by atoms with Gasteiger partial charge in [0.1, 0.15) is 6.04 Å². The summed E-state index contributed by atoms with van der Waals surface area (Å²) in [5.74, 6) is -0.604. The summed E-state index contributed by atoms with van der Waals surface area (Å²) < 4.78 is 37.4. The third-order valence-corrected chi connectivity index (χ3v) is 2.72. The molecule has 0 spiro atoms. The molecule has 0 aromatic heterocycles. The quantitative estimate of drug-likeness (QED) is 0.802. The second-order valence-electron chi connectivity index (χ2n) is 3.93. The number of carbonyl (C=O) groups is 1. The van der Waals surface area contributed by atoms with Gasteiger partial charge in [0.2, 0.25) is 5.91 Å². The fraction of sp³-hybridized carbons (Fsp3) is 0.364. The molecule has 2 rings (SSSR count). The standard InChI is InChI=1S/C11H10F3N2O/c12-11(13,14)7-3-1-6-2-4-8(10(15)17)16-9(6)5-7/h1,3,5,8H,2,4H2,(H2,15,17). The first-order chi connectivity index (χ1) is 7.88. The minimum Gasteiger partial charge on any atom is -0.368 e. The summed E-state index contributed by atoms with van der Waals surface area (Å²) in [6, 6.07) is 2.67. The number of benzene rings is 1. The number of rotatable bonds is 1. The van der Waals surface area contributed by atoms with Crippen molar-refractivity contribution in [2.45, 2.75) is 25.1 Å². The summed E-state index contributed by atoms with van der Waals surface area (Å²) >= 11 is 0. The predicted molar refractivity (Wildman–Crippen MR) is 54.5 cm³/mol. The topological polar surface area (TPSA) is 57.2 Å². The first-order valence-electron chi connectivity index (χ1n) is 5.08. The predicted octanol–water partition coefficient (Wildman–Crippen LogP) is 1.74. The van der Waals surface area contributed by atoms with Crippen LogP contribution in [0.1, 0.15) is 17.5 Å². The van der Waals surface area contributed by atoms with Gasteiger partial charge in [0, 0.05) is 0 Å². The number of aryl methyl sites for hydroxylation is 1. The molecule has 1 amide bonds. The first-order valence-corrected chi connectivity index (χ1v) is 5.08. The largest absolute Gasteiger partial charge is 0.416 e.